The molecular weight excluding hydrogens is 297 g/mol. The van der Waals surface area contributed by atoms with Gasteiger partial charge in [-0.3, -0.25) is 0 Å². The number of hydrogen-bond donors (Lipinski definition) is 1. The van der Waals surface area contributed by atoms with Gasteiger partial charge in [-0.05, 0) is 37.8 Å². The number of nitrogens with zero attached hydrogens (tertiary/aromatic N) is 3. The van der Waals surface area contributed by atoms with Crippen LogP contribution in [0.1, 0.15) is 25.0 Å². The molecule has 122 valence electrons. The van der Waals surface area contributed by atoms with Crippen LogP contribution in [-0.2, 0) is 6.18 Å². The minimum atomic E-state index is -4.52. The minimum absolute atomic E-state index is 0.0590. The molecule has 0 saturated carbocycles. The Labute approximate surface area is 126 Å². The molecular formula is C14H19F3N4O. The molecule has 22 heavy (non-hydrogen) atoms. The molecule has 2 aliphatic heterocycles. The van der Waals surface area contributed by atoms with Gasteiger partial charge < -0.3 is 15.0 Å². The van der Waals surface area contributed by atoms with Crippen molar-refractivity contribution in [1.82, 2.24) is 15.3 Å². The molecule has 0 atom stereocenters. The number of rotatable bonds is 2. The maximum atomic E-state index is 13.3. The highest BCUT2D eigenvalue weighted by atomic mass is 19.4. The maximum Gasteiger partial charge on any atom is 0.435 e. The van der Waals surface area contributed by atoms with E-state index in [0.29, 0.717) is 13.1 Å². The van der Waals surface area contributed by atoms with Crippen molar-refractivity contribution in [2.24, 2.45) is 5.41 Å². The third-order valence-electron chi connectivity index (χ3n) is 4.64. The van der Waals surface area contributed by atoms with Gasteiger partial charge in [0, 0.05) is 13.1 Å². The SMILES string of the molecule is COc1ncc(N2CCC3(CCNCC3)C2)c(C(F)(F)F)n1. The van der Waals surface area contributed by atoms with Crippen molar-refractivity contribution in [1.29, 1.82) is 0 Å². The van der Waals surface area contributed by atoms with E-state index in [-0.39, 0.29) is 17.1 Å². The fraction of sp³-hybridized carbons (Fsp3) is 0.714. The first-order valence-corrected chi connectivity index (χ1v) is 7.37. The molecule has 2 aliphatic rings. The van der Waals surface area contributed by atoms with Gasteiger partial charge in [0.15, 0.2) is 5.69 Å². The van der Waals surface area contributed by atoms with Crippen molar-refractivity contribution in [3.8, 4) is 6.01 Å². The zero-order valence-electron chi connectivity index (χ0n) is 12.4. The second-order valence-corrected chi connectivity index (χ2v) is 6.01. The van der Waals surface area contributed by atoms with Crippen molar-refractivity contribution in [3.05, 3.63) is 11.9 Å². The van der Waals surface area contributed by atoms with Gasteiger partial charge in [-0.25, -0.2) is 4.98 Å². The number of anilines is 1. The van der Waals surface area contributed by atoms with E-state index in [2.05, 4.69) is 15.3 Å². The Morgan fingerprint density at radius 3 is 2.64 bits per heavy atom. The zero-order valence-corrected chi connectivity index (χ0v) is 12.4. The number of hydrogen-bond acceptors (Lipinski definition) is 5. The fourth-order valence-electron chi connectivity index (χ4n) is 3.40. The van der Waals surface area contributed by atoms with Gasteiger partial charge in [-0.15, -0.1) is 0 Å². The summed E-state index contributed by atoms with van der Waals surface area (Å²) in [5.41, 5.74) is -0.734. The Balaban J connectivity index is 1.89. The van der Waals surface area contributed by atoms with Gasteiger partial charge in [0.1, 0.15) is 0 Å². The summed E-state index contributed by atoms with van der Waals surface area (Å²) in [4.78, 5) is 9.16. The van der Waals surface area contributed by atoms with Crippen molar-refractivity contribution in [2.75, 3.05) is 38.2 Å². The molecule has 0 radical (unpaired) electrons. The van der Waals surface area contributed by atoms with Crippen LogP contribution in [0.5, 0.6) is 6.01 Å². The molecule has 8 heteroatoms. The summed E-state index contributed by atoms with van der Waals surface area (Å²) in [6, 6.07) is -0.258. The lowest BCUT2D eigenvalue weighted by atomic mass is 9.78. The summed E-state index contributed by atoms with van der Waals surface area (Å²) in [6.07, 6.45) is -0.369. The lowest BCUT2D eigenvalue weighted by Crippen LogP contribution is -2.39. The normalized spacial score (nSPS) is 21.4. The number of methoxy groups -OCH3 is 1. The third kappa shape index (κ3) is 2.84. The van der Waals surface area contributed by atoms with Gasteiger partial charge in [-0.2, -0.15) is 18.2 Å². The predicted octanol–water partition coefficient (Wildman–Crippen LogP) is 2.08. The second kappa shape index (κ2) is 5.57. The fourth-order valence-corrected chi connectivity index (χ4v) is 3.40. The van der Waals surface area contributed by atoms with Crippen molar-refractivity contribution in [3.63, 3.8) is 0 Å². The number of halogens is 3. The zero-order chi connectivity index (χ0) is 15.8. The van der Waals surface area contributed by atoms with Gasteiger partial charge in [0.05, 0.1) is 19.0 Å². The van der Waals surface area contributed by atoms with Crippen LogP contribution in [0.3, 0.4) is 0 Å². The lowest BCUT2D eigenvalue weighted by molar-refractivity contribution is -0.141. The maximum absolute atomic E-state index is 13.3. The molecule has 3 heterocycles. The van der Waals surface area contributed by atoms with E-state index in [0.717, 1.165) is 32.4 Å². The molecule has 2 saturated heterocycles. The summed E-state index contributed by atoms with van der Waals surface area (Å²) in [7, 11) is 1.26. The highest BCUT2D eigenvalue weighted by molar-refractivity contribution is 5.52. The molecule has 0 unspecified atom stereocenters. The van der Waals surface area contributed by atoms with E-state index in [1.165, 1.54) is 13.3 Å². The number of ether oxygens (including phenoxy) is 1. The van der Waals surface area contributed by atoms with E-state index in [9.17, 15) is 13.2 Å². The van der Waals surface area contributed by atoms with Crippen LogP contribution in [0.2, 0.25) is 0 Å². The molecule has 1 aromatic heterocycles. The second-order valence-electron chi connectivity index (χ2n) is 6.01. The number of alkyl halides is 3. The van der Waals surface area contributed by atoms with Crippen LogP contribution in [0.25, 0.3) is 0 Å². The number of aromatic nitrogens is 2. The molecule has 2 fully saturated rings. The van der Waals surface area contributed by atoms with E-state index in [1.807, 2.05) is 0 Å². The molecule has 0 amide bonds. The topological polar surface area (TPSA) is 50.3 Å². The summed E-state index contributed by atoms with van der Waals surface area (Å²) >= 11 is 0. The Hall–Kier alpha value is -1.57. The van der Waals surface area contributed by atoms with Crippen LogP contribution in [0.4, 0.5) is 18.9 Å². The quantitative estimate of drug-likeness (QED) is 0.905. The first-order chi connectivity index (χ1) is 10.4. The monoisotopic (exact) mass is 316 g/mol. The first-order valence-electron chi connectivity index (χ1n) is 7.37. The molecule has 1 spiro atoms. The molecule has 0 aromatic carbocycles. The summed E-state index contributed by atoms with van der Waals surface area (Å²) < 4.78 is 44.5. The summed E-state index contributed by atoms with van der Waals surface area (Å²) in [5.74, 6) is 0. The van der Waals surface area contributed by atoms with E-state index >= 15 is 0 Å². The van der Waals surface area contributed by atoms with Gasteiger partial charge in [0.2, 0.25) is 0 Å². The highest BCUT2D eigenvalue weighted by Crippen LogP contribution is 2.43. The molecule has 1 N–H and O–H groups in total. The van der Waals surface area contributed by atoms with Crippen molar-refractivity contribution in [2.45, 2.75) is 25.4 Å². The lowest BCUT2D eigenvalue weighted by Gasteiger charge is -2.34. The molecule has 1 aromatic rings. The van der Waals surface area contributed by atoms with E-state index < -0.39 is 11.9 Å². The summed E-state index contributed by atoms with van der Waals surface area (Å²) in [6.45, 7) is 3.10. The van der Waals surface area contributed by atoms with E-state index in [1.54, 1.807) is 4.90 Å². The van der Waals surface area contributed by atoms with Gasteiger partial charge in [0.25, 0.3) is 0 Å². The Bertz CT molecular complexity index is 543. The largest absolute Gasteiger partial charge is 0.467 e. The van der Waals surface area contributed by atoms with Crippen LogP contribution >= 0.6 is 0 Å². The Morgan fingerprint density at radius 2 is 2.00 bits per heavy atom. The highest BCUT2D eigenvalue weighted by Gasteiger charge is 2.43. The Kier molecular flexibility index (Phi) is 3.88. The van der Waals surface area contributed by atoms with Gasteiger partial charge >= 0.3 is 12.2 Å². The predicted molar refractivity (Wildman–Crippen MR) is 75.0 cm³/mol. The number of piperidine rings is 1. The molecule has 5 nitrogen and oxygen atoms in total. The third-order valence-corrected chi connectivity index (χ3v) is 4.64. The molecule has 0 aliphatic carbocycles. The minimum Gasteiger partial charge on any atom is -0.467 e. The summed E-state index contributed by atoms with van der Waals surface area (Å²) in [5, 5.41) is 3.30. The average Bonchev–Trinajstić information content (AvgIpc) is 2.90. The standard InChI is InChI=1S/C14H19F3N4O/c1-22-12-19-8-10(11(20-12)14(15,16)17)21-7-4-13(9-21)2-5-18-6-3-13/h8,18H,2-7,9H2,1H3. The van der Waals surface area contributed by atoms with Crippen molar-refractivity contribution < 1.29 is 17.9 Å². The Morgan fingerprint density at radius 1 is 1.27 bits per heavy atom. The van der Waals surface area contributed by atoms with Crippen LogP contribution < -0.4 is 15.0 Å². The first kappa shape index (κ1) is 15.3. The average molecular weight is 316 g/mol. The van der Waals surface area contributed by atoms with Crippen LogP contribution in [0.15, 0.2) is 6.20 Å². The number of nitrogens with one attached hydrogen (secondary N) is 1. The smallest absolute Gasteiger partial charge is 0.435 e. The van der Waals surface area contributed by atoms with Gasteiger partial charge in [-0.1, -0.05) is 0 Å². The van der Waals surface area contributed by atoms with Crippen LogP contribution in [-0.4, -0.2) is 43.3 Å². The van der Waals surface area contributed by atoms with Crippen LogP contribution in [0, 0.1) is 5.41 Å². The van der Waals surface area contributed by atoms with Crippen molar-refractivity contribution >= 4 is 5.69 Å². The molecule has 3 rings (SSSR count). The van der Waals surface area contributed by atoms with E-state index in [4.69, 9.17) is 4.74 Å². The molecule has 0 bridgehead atoms.